The molecule has 2 aromatic carbocycles. The second kappa shape index (κ2) is 16.3. The molecule has 0 unspecified atom stereocenters. The summed E-state index contributed by atoms with van der Waals surface area (Å²) in [5, 5.41) is 9.66. The van der Waals surface area contributed by atoms with Crippen LogP contribution in [0.4, 0.5) is 13.2 Å². The standard InChI is InChI=1S/C21H20F3NO4.C13H20/c1-12-17(10-14-5-4-6-15(9-14)28-13(2)20(26)27)18-11-16(29-21(22,23)24)7-8-19(18)25(12)3;1-4-6-8-10-12-13(3)11-9-7-5-2/h4-9,11,13H,10H2,1-3H3,(H,26,27);5-6,8-9,11-12H,2,4,7,10H2,1,3H3/b;8-6-,11-9-,13-12-/t13-;/m1./s1. The van der Waals surface area contributed by atoms with E-state index in [2.05, 4.69) is 55.5 Å². The Kier molecular flexibility index (Phi) is 13.2. The summed E-state index contributed by atoms with van der Waals surface area (Å²) in [5.74, 6) is -0.932. The summed E-state index contributed by atoms with van der Waals surface area (Å²) in [6.45, 7) is 11.3. The Morgan fingerprint density at radius 2 is 1.83 bits per heavy atom. The fourth-order valence-electron chi connectivity index (χ4n) is 4.17. The van der Waals surface area contributed by atoms with E-state index in [0.717, 1.165) is 41.6 Å². The zero-order valence-corrected chi connectivity index (χ0v) is 24.9. The summed E-state index contributed by atoms with van der Waals surface area (Å²) in [5.41, 5.74) is 4.73. The number of rotatable bonds is 12. The molecule has 0 spiro atoms. The Morgan fingerprint density at radius 3 is 2.48 bits per heavy atom. The number of hydrogen-bond acceptors (Lipinski definition) is 3. The molecule has 3 aromatic rings. The number of carboxylic acids is 1. The van der Waals surface area contributed by atoms with Crippen LogP contribution in [-0.2, 0) is 18.3 Å². The molecule has 5 nitrogen and oxygen atoms in total. The van der Waals surface area contributed by atoms with E-state index < -0.39 is 18.4 Å². The lowest BCUT2D eigenvalue weighted by Crippen LogP contribution is -2.22. The van der Waals surface area contributed by atoms with E-state index in [1.54, 1.807) is 24.3 Å². The van der Waals surface area contributed by atoms with E-state index in [1.807, 2.05) is 30.7 Å². The number of hydrogen-bond donors (Lipinski definition) is 1. The lowest BCUT2D eigenvalue weighted by atomic mass is 10.0. The predicted octanol–water partition coefficient (Wildman–Crippen LogP) is 9.25. The lowest BCUT2D eigenvalue weighted by Gasteiger charge is -2.12. The maximum absolute atomic E-state index is 12.6. The third-order valence-corrected chi connectivity index (χ3v) is 6.43. The van der Waals surface area contributed by atoms with Crippen LogP contribution >= 0.6 is 0 Å². The van der Waals surface area contributed by atoms with Crippen molar-refractivity contribution in [3.63, 3.8) is 0 Å². The van der Waals surface area contributed by atoms with Crippen molar-refractivity contribution in [3.8, 4) is 11.5 Å². The van der Waals surface area contributed by atoms with Crippen molar-refractivity contribution in [1.29, 1.82) is 0 Å². The molecular weight excluding hydrogens is 543 g/mol. The van der Waals surface area contributed by atoms with Gasteiger partial charge in [0.2, 0.25) is 0 Å². The van der Waals surface area contributed by atoms with Crippen LogP contribution in [0.3, 0.4) is 0 Å². The second-order valence-corrected chi connectivity index (χ2v) is 9.76. The van der Waals surface area contributed by atoms with Gasteiger partial charge in [-0.05, 0) is 87.9 Å². The number of fused-ring (bicyclic) bond motifs is 1. The highest BCUT2D eigenvalue weighted by Crippen LogP contribution is 2.33. The van der Waals surface area contributed by atoms with E-state index in [9.17, 15) is 18.0 Å². The first-order valence-electron chi connectivity index (χ1n) is 13.8. The normalized spacial score (nSPS) is 12.8. The van der Waals surface area contributed by atoms with E-state index >= 15 is 0 Å². The zero-order valence-electron chi connectivity index (χ0n) is 24.9. The summed E-state index contributed by atoms with van der Waals surface area (Å²) in [6.07, 6.45) is 10.6. The number of allylic oxidation sites excluding steroid dienone is 7. The SMILES string of the molecule is C=CC/C=C\C(C)=C/C/C=C\CC.Cc1c(Cc2cccc(O[C@H](C)C(=O)O)c2)c2cc(OC(F)(F)F)ccc2n1C. The third-order valence-electron chi connectivity index (χ3n) is 6.43. The van der Waals surface area contributed by atoms with Crippen molar-refractivity contribution in [2.24, 2.45) is 7.05 Å². The van der Waals surface area contributed by atoms with E-state index in [1.165, 1.54) is 24.6 Å². The Balaban J connectivity index is 0.000000401. The number of ether oxygens (including phenoxy) is 2. The van der Waals surface area contributed by atoms with Crippen LogP contribution in [-0.4, -0.2) is 28.1 Å². The van der Waals surface area contributed by atoms with Gasteiger partial charge in [0.25, 0.3) is 0 Å². The molecular formula is C34H40F3NO4. The Hall–Kier alpha value is -4.20. The summed E-state index contributed by atoms with van der Waals surface area (Å²) in [7, 11) is 1.85. The number of nitrogens with zero attached hydrogens (tertiary/aromatic N) is 1. The molecule has 42 heavy (non-hydrogen) atoms. The molecule has 0 aliphatic rings. The first-order valence-corrected chi connectivity index (χ1v) is 13.8. The zero-order chi connectivity index (χ0) is 31.3. The smallest absolute Gasteiger partial charge is 0.479 e. The van der Waals surface area contributed by atoms with Gasteiger partial charge in [0, 0.05) is 23.6 Å². The van der Waals surface area contributed by atoms with Crippen LogP contribution in [0.1, 0.15) is 56.9 Å². The molecule has 0 aliphatic heterocycles. The van der Waals surface area contributed by atoms with Crippen LogP contribution in [0.2, 0.25) is 0 Å². The third kappa shape index (κ3) is 11.0. The monoisotopic (exact) mass is 583 g/mol. The van der Waals surface area contributed by atoms with Crippen molar-refractivity contribution in [3.05, 3.63) is 108 Å². The molecule has 3 rings (SSSR count). The molecule has 226 valence electrons. The lowest BCUT2D eigenvalue weighted by molar-refractivity contribution is -0.274. The van der Waals surface area contributed by atoms with Gasteiger partial charge in [-0.2, -0.15) is 0 Å². The molecule has 0 bridgehead atoms. The highest BCUT2D eigenvalue weighted by molar-refractivity contribution is 5.87. The fourth-order valence-corrected chi connectivity index (χ4v) is 4.17. The maximum Gasteiger partial charge on any atom is 0.573 e. The Bertz CT molecular complexity index is 1430. The maximum atomic E-state index is 12.6. The van der Waals surface area contributed by atoms with Crippen molar-refractivity contribution < 1.29 is 32.5 Å². The van der Waals surface area contributed by atoms with Gasteiger partial charge in [-0.25, -0.2) is 4.79 Å². The van der Waals surface area contributed by atoms with Gasteiger partial charge < -0.3 is 19.1 Å². The van der Waals surface area contributed by atoms with Crippen molar-refractivity contribution in [2.45, 2.75) is 65.8 Å². The fraction of sp³-hybridized carbons (Fsp3) is 0.324. The topological polar surface area (TPSA) is 60.7 Å². The summed E-state index contributed by atoms with van der Waals surface area (Å²) >= 11 is 0. The minimum atomic E-state index is -4.76. The molecule has 8 heteroatoms. The molecule has 0 aliphatic carbocycles. The number of aromatic nitrogens is 1. The molecule has 0 saturated carbocycles. The molecule has 1 heterocycles. The van der Waals surface area contributed by atoms with Crippen LogP contribution in [0.25, 0.3) is 10.9 Å². The summed E-state index contributed by atoms with van der Waals surface area (Å²) in [6, 6.07) is 11.3. The van der Waals surface area contributed by atoms with Gasteiger partial charge in [-0.15, -0.1) is 19.8 Å². The van der Waals surface area contributed by atoms with Crippen LogP contribution in [0.5, 0.6) is 11.5 Å². The van der Waals surface area contributed by atoms with Gasteiger partial charge in [0.05, 0.1) is 0 Å². The number of halogens is 3. The molecule has 1 atom stereocenters. The van der Waals surface area contributed by atoms with Gasteiger partial charge in [-0.1, -0.05) is 61.1 Å². The number of aryl methyl sites for hydroxylation is 1. The number of alkyl halides is 3. The van der Waals surface area contributed by atoms with Gasteiger partial charge in [-0.3, -0.25) is 0 Å². The highest BCUT2D eigenvalue weighted by Gasteiger charge is 2.31. The minimum absolute atomic E-state index is 0.274. The van der Waals surface area contributed by atoms with E-state index in [0.29, 0.717) is 17.6 Å². The summed E-state index contributed by atoms with van der Waals surface area (Å²) in [4.78, 5) is 11.0. The minimum Gasteiger partial charge on any atom is -0.479 e. The average Bonchev–Trinajstić information content (AvgIpc) is 3.15. The molecule has 0 fully saturated rings. The largest absolute Gasteiger partial charge is 0.573 e. The molecule has 0 saturated heterocycles. The van der Waals surface area contributed by atoms with Gasteiger partial charge >= 0.3 is 12.3 Å². The Morgan fingerprint density at radius 1 is 1.10 bits per heavy atom. The van der Waals surface area contributed by atoms with Crippen LogP contribution in [0.15, 0.2) is 91.1 Å². The molecule has 0 amide bonds. The van der Waals surface area contributed by atoms with Crippen molar-refractivity contribution in [1.82, 2.24) is 4.57 Å². The van der Waals surface area contributed by atoms with Gasteiger partial charge in [0.1, 0.15) is 11.5 Å². The average molecular weight is 584 g/mol. The van der Waals surface area contributed by atoms with E-state index in [-0.39, 0.29) is 5.75 Å². The van der Waals surface area contributed by atoms with Gasteiger partial charge in [0.15, 0.2) is 6.10 Å². The first-order chi connectivity index (χ1) is 19.9. The highest BCUT2D eigenvalue weighted by atomic mass is 19.4. The number of carboxylic acid groups (broad SMARTS) is 1. The van der Waals surface area contributed by atoms with Crippen molar-refractivity contribution in [2.75, 3.05) is 0 Å². The van der Waals surface area contributed by atoms with Crippen LogP contribution in [0, 0.1) is 6.92 Å². The molecule has 0 radical (unpaired) electrons. The van der Waals surface area contributed by atoms with Crippen LogP contribution < -0.4 is 9.47 Å². The quantitative estimate of drug-likeness (QED) is 0.171. The molecule has 1 aromatic heterocycles. The Labute approximate surface area is 246 Å². The number of benzene rings is 2. The first kappa shape index (κ1) is 34.0. The number of carbonyl (C=O) groups is 1. The summed E-state index contributed by atoms with van der Waals surface area (Å²) < 4.78 is 49.2. The van der Waals surface area contributed by atoms with Crippen molar-refractivity contribution >= 4 is 16.9 Å². The molecule has 1 N–H and O–H groups in total. The second-order valence-electron chi connectivity index (χ2n) is 9.76. The predicted molar refractivity (Wildman–Crippen MR) is 163 cm³/mol. The van der Waals surface area contributed by atoms with E-state index in [4.69, 9.17) is 9.84 Å². The number of aliphatic carboxylic acids is 1.